The number of para-hydroxylation sites is 1. The van der Waals surface area contributed by atoms with Crippen molar-refractivity contribution in [2.45, 2.75) is 26.3 Å². The molecular weight excluding hydrogens is 373 g/mol. The fourth-order valence-corrected chi connectivity index (χ4v) is 3.47. The van der Waals surface area contributed by atoms with Gasteiger partial charge in [-0.1, -0.05) is 41.4 Å². The number of fused-ring (bicyclic) bond motifs is 1. The first kappa shape index (κ1) is 18.9. The van der Waals surface area contributed by atoms with Gasteiger partial charge in [0.25, 0.3) is 0 Å². The van der Waals surface area contributed by atoms with Gasteiger partial charge >= 0.3 is 0 Å². The number of carbonyl (C=O) groups is 1. The van der Waals surface area contributed by atoms with Crippen molar-refractivity contribution in [3.63, 3.8) is 0 Å². The zero-order chi connectivity index (χ0) is 18.5. The monoisotopic (exact) mass is 393 g/mol. The van der Waals surface area contributed by atoms with Crippen molar-refractivity contribution >= 4 is 29.1 Å². The molecule has 1 aliphatic rings. The predicted molar refractivity (Wildman–Crippen MR) is 103 cm³/mol. The van der Waals surface area contributed by atoms with Gasteiger partial charge in [-0.2, -0.15) is 0 Å². The summed E-state index contributed by atoms with van der Waals surface area (Å²) < 4.78 is 11.4. The van der Waals surface area contributed by atoms with Gasteiger partial charge in [-0.05, 0) is 37.1 Å². The molecule has 0 spiro atoms. The molecule has 6 heteroatoms. The molecule has 1 aliphatic heterocycles. The first-order valence-corrected chi connectivity index (χ1v) is 9.43. The highest BCUT2D eigenvalue weighted by Gasteiger charge is 2.19. The number of nitrogens with zero attached hydrogens (tertiary/aromatic N) is 1. The molecule has 138 valence electrons. The van der Waals surface area contributed by atoms with Crippen LogP contribution < -0.4 is 9.47 Å². The van der Waals surface area contributed by atoms with Gasteiger partial charge in [-0.25, -0.2) is 0 Å². The van der Waals surface area contributed by atoms with E-state index in [1.165, 1.54) is 0 Å². The maximum atomic E-state index is 12.7. The van der Waals surface area contributed by atoms with E-state index in [1.54, 1.807) is 12.1 Å². The number of amides is 1. The number of aryl methyl sites for hydroxylation is 1. The van der Waals surface area contributed by atoms with Crippen LogP contribution in [0.4, 0.5) is 0 Å². The van der Waals surface area contributed by atoms with Crippen LogP contribution in [0.2, 0.25) is 10.0 Å². The van der Waals surface area contributed by atoms with E-state index in [1.807, 2.05) is 36.1 Å². The van der Waals surface area contributed by atoms with E-state index in [4.69, 9.17) is 32.7 Å². The molecule has 2 aromatic carbocycles. The number of hydrogen-bond acceptors (Lipinski definition) is 3. The van der Waals surface area contributed by atoms with Crippen molar-refractivity contribution in [1.29, 1.82) is 0 Å². The number of benzene rings is 2. The third kappa shape index (κ3) is 4.43. The fourth-order valence-electron chi connectivity index (χ4n) is 2.96. The average molecular weight is 394 g/mol. The lowest BCUT2D eigenvalue weighted by molar-refractivity contribution is -0.131. The maximum absolute atomic E-state index is 12.7. The van der Waals surface area contributed by atoms with Gasteiger partial charge in [-0.3, -0.25) is 4.79 Å². The zero-order valence-electron chi connectivity index (χ0n) is 14.6. The van der Waals surface area contributed by atoms with E-state index in [2.05, 4.69) is 0 Å². The second-order valence-electron chi connectivity index (χ2n) is 6.08. The molecule has 0 aliphatic carbocycles. The summed E-state index contributed by atoms with van der Waals surface area (Å²) in [6, 6.07) is 11.1. The van der Waals surface area contributed by atoms with Gasteiger partial charge in [0.15, 0.2) is 11.5 Å². The highest BCUT2D eigenvalue weighted by Crippen LogP contribution is 2.34. The SMILES string of the molecule is CCN(Cc1cccc2c1OCCO2)C(=O)CCc1ccc(Cl)cc1Cl. The second kappa shape index (κ2) is 8.65. The Morgan fingerprint density at radius 3 is 2.69 bits per heavy atom. The van der Waals surface area contributed by atoms with Crippen LogP contribution in [0.1, 0.15) is 24.5 Å². The van der Waals surface area contributed by atoms with E-state index in [-0.39, 0.29) is 5.91 Å². The Balaban J connectivity index is 1.66. The summed E-state index contributed by atoms with van der Waals surface area (Å²) in [5.41, 5.74) is 1.89. The Hall–Kier alpha value is -1.91. The highest BCUT2D eigenvalue weighted by atomic mass is 35.5. The lowest BCUT2D eigenvalue weighted by atomic mass is 10.1. The Bertz CT molecular complexity index is 795. The highest BCUT2D eigenvalue weighted by molar-refractivity contribution is 6.35. The molecule has 0 atom stereocenters. The molecule has 2 aromatic rings. The summed E-state index contributed by atoms with van der Waals surface area (Å²) in [6.45, 7) is 4.17. The Labute approximate surface area is 163 Å². The average Bonchev–Trinajstić information content (AvgIpc) is 2.65. The summed E-state index contributed by atoms with van der Waals surface area (Å²) in [7, 11) is 0. The van der Waals surface area contributed by atoms with Crippen LogP contribution in [0.3, 0.4) is 0 Å². The topological polar surface area (TPSA) is 38.8 Å². The van der Waals surface area contributed by atoms with Crippen molar-refractivity contribution in [2.75, 3.05) is 19.8 Å². The van der Waals surface area contributed by atoms with Crippen LogP contribution in [0.5, 0.6) is 11.5 Å². The lowest BCUT2D eigenvalue weighted by Crippen LogP contribution is -2.31. The normalized spacial score (nSPS) is 12.7. The third-order valence-electron chi connectivity index (χ3n) is 4.37. The number of ether oxygens (including phenoxy) is 2. The molecule has 0 saturated heterocycles. The van der Waals surface area contributed by atoms with Crippen molar-refractivity contribution < 1.29 is 14.3 Å². The van der Waals surface area contributed by atoms with Crippen LogP contribution in [0.25, 0.3) is 0 Å². The van der Waals surface area contributed by atoms with Crippen LogP contribution in [0.15, 0.2) is 36.4 Å². The van der Waals surface area contributed by atoms with Crippen LogP contribution in [-0.2, 0) is 17.8 Å². The van der Waals surface area contributed by atoms with E-state index >= 15 is 0 Å². The van der Waals surface area contributed by atoms with Crippen molar-refractivity contribution in [2.24, 2.45) is 0 Å². The molecule has 1 heterocycles. The van der Waals surface area contributed by atoms with Gasteiger partial charge < -0.3 is 14.4 Å². The number of rotatable bonds is 6. The van der Waals surface area contributed by atoms with E-state index < -0.39 is 0 Å². The minimum atomic E-state index is 0.0767. The largest absolute Gasteiger partial charge is 0.486 e. The molecule has 3 rings (SSSR count). The van der Waals surface area contributed by atoms with Gasteiger partial charge in [0.05, 0.1) is 0 Å². The molecule has 0 aromatic heterocycles. The molecule has 26 heavy (non-hydrogen) atoms. The number of carbonyl (C=O) groups excluding carboxylic acids is 1. The van der Waals surface area contributed by atoms with E-state index in [0.29, 0.717) is 49.2 Å². The number of hydrogen-bond donors (Lipinski definition) is 0. The maximum Gasteiger partial charge on any atom is 0.223 e. The van der Waals surface area contributed by atoms with E-state index in [0.717, 1.165) is 22.6 Å². The van der Waals surface area contributed by atoms with Gasteiger partial charge in [0.1, 0.15) is 13.2 Å². The Morgan fingerprint density at radius 1 is 1.12 bits per heavy atom. The fraction of sp³-hybridized carbons (Fsp3) is 0.350. The summed E-state index contributed by atoms with van der Waals surface area (Å²) in [5, 5.41) is 1.19. The third-order valence-corrected chi connectivity index (χ3v) is 4.95. The van der Waals surface area contributed by atoms with Gasteiger partial charge in [-0.15, -0.1) is 0 Å². The van der Waals surface area contributed by atoms with E-state index in [9.17, 15) is 4.79 Å². The molecule has 0 unspecified atom stereocenters. The molecular formula is C20H21Cl2NO3. The molecule has 0 saturated carbocycles. The summed E-state index contributed by atoms with van der Waals surface area (Å²) in [5.74, 6) is 1.56. The summed E-state index contributed by atoms with van der Waals surface area (Å²) in [4.78, 5) is 14.5. The second-order valence-corrected chi connectivity index (χ2v) is 6.93. The Kier molecular flexibility index (Phi) is 6.28. The minimum absolute atomic E-state index is 0.0767. The molecule has 0 radical (unpaired) electrons. The van der Waals surface area contributed by atoms with Gasteiger partial charge in [0.2, 0.25) is 5.91 Å². The quantitative estimate of drug-likeness (QED) is 0.710. The molecule has 0 fully saturated rings. The standard InChI is InChI=1S/C20H21Cl2NO3/c1-2-23(13-15-4-3-5-18-20(15)26-11-10-25-18)19(24)9-7-14-6-8-16(21)12-17(14)22/h3-6,8,12H,2,7,9-11,13H2,1H3. The van der Waals surface area contributed by atoms with Crippen molar-refractivity contribution in [1.82, 2.24) is 4.90 Å². The number of halogens is 2. The predicted octanol–water partition coefficient (Wildman–Crippen LogP) is 4.75. The van der Waals surface area contributed by atoms with Crippen LogP contribution >= 0.6 is 23.2 Å². The molecule has 0 bridgehead atoms. The summed E-state index contributed by atoms with van der Waals surface area (Å²) >= 11 is 12.1. The van der Waals surface area contributed by atoms with Crippen molar-refractivity contribution in [3.05, 3.63) is 57.6 Å². The Morgan fingerprint density at radius 2 is 1.92 bits per heavy atom. The zero-order valence-corrected chi connectivity index (χ0v) is 16.1. The van der Waals surface area contributed by atoms with Gasteiger partial charge in [0, 0.05) is 35.1 Å². The van der Waals surface area contributed by atoms with Crippen LogP contribution in [-0.4, -0.2) is 30.6 Å². The smallest absolute Gasteiger partial charge is 0.223 e. The molecule has 1 amide bonds. The first-order chi connectivity index (χ1) is 12.6. The lowest BCUT2D eigenvalue weighted by Gasteiger charge is -2.25. The molecule has 4 nitrogen and oxygen atoms in total. The van der Waals surface area contributed by atoms with Crippen LogP contribution in [0, 0.1) is 0 Å². The first-order valence-electron chi connectivity index (χ1n) is 8.67. The minimum Gasteiger partial charge on any atom is -0.486 e. The molecule has 0 N–H and O–H groups in total. The summed E-state index contributed by atoms with van der Waals surface area (Å²) in [6.07, 6.45) is 0.972. The van der Waals surface area contributed by atoms with Crippen molar-refractivity contribution in [3.8, 4) is 11.5 Å².